The maximum absolute atomic E-state index is 12.9. The molecule has 1 amide bonds. The summed E-state index contributed by atoms with van der Waals surface area (Å²) in [6.45, 7) is 2.79. The fourth-order valence-corrected chi connectivity index (χ4v) is 4.65. The first-order valence-electron chi connectivity index (χ1n) is 11.5. The summed E-state index contributed by atoms with van der Waals surface area (Å²) in [6.07, 6.45) is 4.30. The van der Waals surface area contributed by atoms with E-state index in [1.54, 1.807) is 29.2 Å². The highest BCUT2D eigenvalue weighted by molar-refractivity contribution is 7.93. The third-order valence-electron chi connectivity index (χ3n) is 5.55. The second kappa shape index (κ2) is 13.0. The molecule has 37 heavy (non-hydrogen) atoms. The molecule has 1 saturated heterocycles. The van der Waals surface area contributed by atoms with E-state index < -0.39 is 9.84 Å². The molecule has 0 atom stereocenters. The van der Waals surface area contributed by atoms with Crippen molar-refractivity contribution in [2.75, 3.05) is 59.9 Å². The summed E-state index contributed by atoms with van der Waals surface area (Å²) in [5.74, 6) is 1.54. The number of amides is 1. The van der Waals surface area contributed by atoms with Crippen LogP contribution in [0.4, 0.5) is 5.82 Å². The van der Waals surface area contributed by atoms with E-state index in [1.165, 1.54) is 46.8 Å². The van der Waals surface area contributed by atoms with E-state index in [2.05, 4.69) is 15.6 Å². The molecule has 11 nitrogen and oxygen atoms in total. The number of nitrogens with one attached hydrogen (secondary N) is 2. The standard InChI is InChI=1S/C25H32N4O7S/c1-33-19-15-22(35-3)20(23(16-19)36-4)8-14-37(31,32)17-18-5-6-21(34-2)25(28-18)27-9-7-24(30)29-12-10-26-11-13-29/h5-9,14-16,26H,10-13,17H2,1-4H3,(H,27,28). The highest BCUT2D eigenvalue weighted by atomic mass is 32.2. The van der Waals surface area contributed by atoms with E-state index in [0.717, 1.165) is 18.5 Å². The summed E-state index contributed by atoms with van der Waals surface area (Å²) in [6, 6.07) is 6.46. The maximum atomic E-state index is 12.9. The van der Waals surface area contributed by atoms with Crippen LogP contribution in [0.15, 0.2) is 41.9 Å². The highest BCUT2D eigenvalue weighted by Crippen LogP contribution is 2.35. The first-order chi connectivity index (χ1) is 17.8. The molecular formula is C25H32N4O7S. The van der Waals surface area contributed by atoms with Crippen LogP contribution in [-0.4, -0.2) is 78.8 Å². The Balaban J connectivity index is 1.76. The van der Waals surface area contributed by atoms with Gasteiger partial charge in [0.1, 0.15) is 17.2 Å². The average Bonchev–Trinajstić information content (AvgIpc) is 2.91. The van der Waals surface area contributed by atoms with Crippen molar-refractivity contribution in [2.45, 2.75) is 5.75 Å². The first kappa shape index (κ1) is 27.8. The summed E-state index contributed by atoms with van der Waals surface area (Å²) in [5, 5.41) is 7.20. The van der Waals surface area contributed by atoms with Crippen molar-refractivity contribution < 1.29 is 32.2 Å². The number of carbonyl (C=O) groups is 1. The number of hydrogen-bond acceptors (Lipinski definition) is 10. The Bertz CT molecular complexity index is 1230. The lowest BCUT2D eigenvalue weighted by molar-refractivity contribution is -0.126. The predicted molar refractivity (Wildman–Crippen MR) is 141 cm³/mol. The van der Waals surface area contributed by atoms with Crippen molar-refractivity contribution in [3.05, 3.63) is 53.2 Å². The monoisotopic (exact) mass is 532 g/mol. The molecule has 2 heterocycles. The number of ether oxygens (including phenoxy) is 4. The van der Waals surface area contributed by atoms with Crippen molar-refractivity contribution in [1.29, 1.82) is 0 Å². The number of rotatable bonds is 11. The minimum atomic E-state index is -3.72. The number of anilines is 1. The minimum Gasteiger partial charge on any atom is -0.496 e. The Kier molecular flexibility index (Phi) is 9.75. The van der Waals surface area contributed by atoms with Gasteiger partial charge in [0.15, 0.2) is 21.4 Å². The first-order valence-corrected chi connectivity index (χ1v) is 13.2. The molecule has 0 unspecified atom stereocenters. The van der Waals surface area contributed by atoms with E-state index in [9.17, 15) is 13.2 Å². The largest absolute Gasteiger partial charge is 0.496 e. The Morgan fingerprint density at radius 2 is 1.68 bits per heavy atom. The molecule has 0 aliphatic carbocycles. The van der Waals surface area contributed by atoms with Gasteiger partial charge >= 0.3 is 0 Å². The fourth-order valence-electron chi connectivity index (χ4n) is 3.64. The van der Waals surface area contributed by atoms with Crippen LogP contribution in [0.1, 0.15) is 11.3 Å². The number of hydrogen-bond donors (Lipinski definition) is 2. The Hall–Kier alpha value is -3.77. The molecule has 2 aromatic rings. The van der Waals surface area contributed by atoms with Crippen LogP contribution in [0.3, 0.4) is 0 Å². The van der Waals surface area contributed by atoms with E-state index >= 15 is 0 Å². The van der Waals surface area contributed by atoms with Crippen LogP contribution in [0.2, 0.25) is 0 Å². The number of sulfone groups is 1. The molecule has 1 fully saturated rings. The lowest BCUT2D eigenvalue weighted by Crippen LogP contribution is -2.45. The Labute approximate surface area is 217 Å². The number of nitrogens with zero attached hydrogens (tertiary/aromatic N) is 2. The van der Waals surface area contributed by atoms with Crippen molar-refractivity contribution >= 4 is 27.6 Å². The van der Waals surface area contributed by atoms with E-state index in [0.29, 0.717) is 53.2 Å². The van der Waals surface area contributed by atoms with Gasteiger partial charge in [-0.1, -0.05) is 0 Å². The summed E-state index contributed by atoms with van der Waals surface area (Å²) < 4.78 is 47.1. The number of benzene rings is 1. The Morgan fingerprint density at radius 3 is 2.27 bits per heavy atom. The van der Waals surface area contributed by atoms with Crippen LogP contribution >= 0.6 is 0 Å². The van der Waals surface area contributed by atoms with Crippen LogP contribution in [0.5, 0.6) is 23.0 Å². The summed E-state index contributed by atoms with van der Waals surface area (Å²) in [4.78, 5) is 18.4. The molecule has 0 saturated carbocycles. The van der Waals surface area contributed by atoms with Crippen molar-refractivity contribution in [1.82, 2.24) is 15.2 Å². The van der Waals surface area contributed by atoms with Gasteiger partial charge in [0, 0.05) is 56.0 Å². The molecule has 0 bridgehead atoms. The number of carbonyl (C=O) groups excluding carboxylic acids is 1. The SMILES string of the molecule is COc1cc(OC)c(C=CS(=O)(=O)Cc2ccc(OC)c(NC=CC(=O)N3CCNCC3)n2)c(OC)c1. The van der Waals surface area contributed by atoms with Crippen LogP contribution in [0, 0.1) is 0 Å². The zero-order valence-electron chi connectivity index (χ0n) is 21.3. The van der Waals surface area contributed by atoms with Gasteiger partial charge in [0.05, 0.1) is 45.4 Å². The molecule has 1 aromatic carbocycles. The maximum Gasteiger partial charge on any atom is 0.248 e. The zero-order chi connectivity index (χ0) is 26.8. The molecule has 3 rings (SSSR count). The van der Waals surface area contributed by atoms with Crippen molar-refractivity contribution in [3.8, 4) is 23.0 Å². The van der Waals surface area contributed by atoms with Gasteiger partial charge in [-0.25, -0.2) is 13.4 Å². The summed E-state index contributed by atoms with van der Waals surface area (Å²) in [5.41, 5.74) is 0.752. The fraction of sp³-hybridized carbons (Fsp3) is 0.360. The van der Waals surface area contributed by atoms with Gasteiger partial charge in [-0.15, -0.1) is 0 Å². The van der Waals surface area contributed by atoms with E-state index in [1.807, 2.05) is 0 Å². The van der Waals surface area contributed by atoms with Gasteiger partial charge < -0.3 is 34.5 Å². The highest BCUT2D eigenvalue weighted by Gasteiger charge is 2.16. The predicted octanol–water partition coefficient (Wildman–Crippen LogP) is 2.06. The molecule has 2 N–H and O–H groups in total. The minimum absolute atomic E-state index is 0.124. The third-order valence-corrected chi connectivity index (χ3v) is 6.80. The van der Waals surface area contributed by atoms with Crippen molar-refractivity contribution in [2.24, 2.45) is 0 Å². The second-order valence-electron chi connectivity index (χ2n) is 7.96. The van der Waals surface area contributed by atoms with Gasteiger partial charge in [0.2, 0.25) is 5.91 Å². The summed E-state index contributed by atoms with van der Waals surface area (Å²) >= 11 is 0. The van der Waals surface area contributed by atoms with E-state index in [-0.39, 0.29) is 11.7 Å². The van der Waals surface area contributed by atoms with Gasteiger partial charge in [-0.05, 0) is 18.2 Å². The van der Waals surface area contributed by atoms with Gasteiger partial charge in [-0.2, -0.15) is 0 Å². The molecule has 200 valence electrons. The number of piperazine rings is 1. The van der Waals surface area contributed by atoms with E-state index in [4.69, 9.17) is 18.9 Å². The summed E-state index contributed by atoms with van der Waals surface area (Å²) in [7, 11) is 2.22. The zero-order valence-corrected chi connectivity index (χ0v) is 22.1. The molecule has 1 aliphatic rings. The molecule has 12 heteroatoms. The van der Waals surface area contributed by atoms with Gasteiger partial charge in [0.25, 0.3) is 0 Å². The number of aromatic nitrogens is 1. The van der Waals surface area contributed by atoms with Crippen LogP contribution < -0.4 is 29.6 Å². The van der Waals surface area contributed by atoms with Crippen LogP contribution in [0.25, 0.3) is 6.08 Å². The average molecular weight is 533 g/mol. The number of pyridine rings is 1. The van der Waals surface area contributed by atoms with Crippen molar-refractivity contribution in [3.63, 3.8) is 0 Å². The Morgan fingerprint density at radius 1 is 1.03 bits per heavy atom. The second-order valence-corrected chi connectivity index (χ2v) is 9.85. The quantitative estimate of drug-likeness (QED) is 0.415. The lowest BCUT2D eigenvalue weighted by Gasteiger charge is -2.26. The topological polar surface area (TPSA) is 128 Å². The normalized spacial score (nSPS) is 14.1. The molecule has 1 aliphatic heterocycles. The molecule has 0 spiro atoms. The van der Waals surface area contributed by atoms with Gasteiger partial charge in [-0.3, -0.25) is 4.79 Å². The smallest absolute Gasteiger partial charge is 0.248 e. The molecule has 1 aromatic heterocycles. The van der Waals surface area contributed by atoms with Crippen LogP contribution in [-0.2, 0) is 20.4 Å². The molecular weight excluding hydrogens is 500 g/mol. The molecule has 0 radical (unpaired) electrons. The lowest BCUT2D eigenvalue weighted by atomic mass is 10.1. The number of methoxy groups -OCH3 is 4. The third kappa shape index (κ3) is 7.61.